The number of nitrogens with zero attached hydrogens (tertiary/aromatic N) is 1. The number of benzene rings is 1. The molecule has 3 N–H and O–H groups in total. The summed E-state index contributed by atoms with van der Waals surface area (Å²) in [5.41, 5.74) is 8.10. The van der Waals surface area contributed by atoms with Crippen molar-refractivity contribution in [1.29, 1.82) is 0 Å². The van der Waals surface area contributed by atoms with Crippen LogP contribution in [0.2, 0.25) is 0 Å². The van der Waals surface area contributed by atoms with Crippen molar-refractivity contribution in [1.82, 2.24) is 9.71 Å². The molecule has 0 amide bonds. The molecular weight excluding hydrogens is 294 g/mol. The fourth-order valence-corrected chi connectivity index (χ4v) is 4.15. The summed E-state index contributed by atoms with van der Waals surface area (Å²) in [7, 11) is -3.56. The van der Waals surface area contributed by atoms with E-state index in [1.54, 1.807) is 6.92 Å². The van der Waals surface area contributed by atoms with Crippen molar-refractivity contribution >= 4 is 26.5 Å². The first-order valence-electron chi connectivity index (χ1n) is 6.22. The van der Waals surface area contributed by atoms with E-state index in [4.69, 9.17) is 5.73 Å². The Bertz CT molecular complexity index is 691. The van der Waals surface area contributed by atoms with E-state index in [0.717, 1.165) is 23.3 Å². The van der Waals surface area contributed by atoms with Crippen LogP contribution in [0.4, 0.5) is 5.13 Å². The Labute approximate surface area is 122 Å². The molecular formula is C13H17N3O2S2. The van der Waals surface area contributed by atoms with Crippen LogP contribution in [-0.2, 0) is 23.0 Å². The molecule has 0 aliphatic rings. The fourth-order valence-electron chi connectivity index (χ4n) is 1.79. The minimum Gasteiger partial charge on any atom is -0.375 e. The number of anilines is 1. The van der Waals surface area contributed by atoms with Crippen molar-refractivity contribution in [2.75, 3.05) is 5.73 Å². The molecule has 108 valence electrons. The molecule has 2 aromatic rings. The standard InChI is InChI=1S/C13H17N3O2S2/c1-3-10-4-6-11(7-5-10)8-15-20(17,18)12-9(2)16-13(14)19-12/h4-7,15H,3,8H2,1-2H3,(H2,14,16). The summed E-state index contributed by atoms with van der Waals surface area (Å²) < 4.78 is 27.1. The zero-order valence-corrected chi connectivity index (χ0v) is 13.0. The number of rotatable bonds is 5. The van der Waals surface area contributed by atoms with Crippen molar-refractivity contribution in [3.8, 4) is 0 Å². The Morgan fingerprint density at radius 3 is 2.35 bits per heavy atom. The van der Waals surface area contributed by atoms with Crippen LogP contribution in [0.3, 0.4) is 0 Å². The van der Waals surface area contributed by atoms with E-state index in [-0.39, 0.29) is 15.9 Å². The van der Waals surface area contributed by atoms with E-state index in [2.05, 4.69) is 16.6 Å². The second kappa shape index (κ2) is 5.90. The van der Waals surface area contributed by atoms with Crippen LogP contribution in [0, 0.1) is 6.92 Å². The Kier molecular flexibility index (Phi) is 4.42. The number of sulfonamides is 1. The molecule has 0 radical (unpaired) electrons. The van der Waals surface area contributed by atoms with Gasteiger partial charge in [0.15, 0.2) is 9.34 Å². The Morgan fingerprint density at radius 2 is 1.85 bits per heavy atom. The van der Waals surface area contributed by atoms with Crippen LogP contribution in [0.25, 0.3) is 0 Å². The molecule has 0 unspecified atom stereocenters. The van der Waals surface area contributed by atoms with Crippen LogP contribution in [0.15, 0.2) is 28.5 Å². The number of hydrogen-bond donors (Lipinski definition) is 2. The van der Waals surface area contributed by atoms with Crippen molar-refractivity contribution in [2.24, 2.45) is 0 Å². The van der Waals surface area contributed by atoms with E-state index >= 15 is 0 Å². The van der Waals surface area contributed by atoms with Gasteiger partial charge in [0.1, 0.15) is 0 Å². The first-order valence-corrected chi connectivity index (χ1v) is 8.52. The summed E-state index contributed by atoms with van der Waals surface area (Å²) in [4.78, 5) is 3.93. The van der Waals surface area contributed by atoms with Gasteiger partial charge in [0.05, 0.1) is 5.69 Å². The number of nitrogens with two attached hydrogens (primary N) is 1. The lowest BCUT2D eigenvalue weighted by Crippen LogP contribution is -2.23. The molecule has 0 spiro atoms. The van der Waals surface area contributed by atoms with Gasteiger partial charge < -0.3 is 5.73 Å². The molecule has 0 saturated heterocycles. The zero-order valence-electron chi connectivity index (χ0n) is 11.4. The minimum atomic E-state index is -3.56. The summed E-state index contributed by atoms with van der Waals surface area (Å²) in [6.45, 7) is 3.97. The highest BCUT2D eigenvalue weighted by Crippen LogP contribution is 2.24. The highest BCUT2D eigenvalue weighted by Gasteiger charge is 2.20. The maximum atomic E-state index is 12.2. The fraction of sp³-hybridized carbons (Fsp3) is 0.308. The second-order valence-corrected chi connectivity index (χ2v) is 7.41. The molecule has 0 bridgehead atoms. The van der Waals surface area contributed by atoms with E-state index < -0.39 is 10.0 Å². The molecule has 1 aromatic heterocycles. The lowest BCUT2D eigenvalue weighted by atomic mass is 10.1. The molecule has 1 aromatic carbocycles. The third kappa shape index (κ3) is 3.36. The van der Waals surface area contributed by atoms with Crippen molar-refractivity contribution in [2.45, 2.75) is 31.0 Å². The topological polar surface area (TPSA) is 85.1 Å². The average Bonchev–Trinajstić information content (AvgIpc) is 2.77. The van der Waals surface area contributed by atoms with Gasteiger partial charge in [-0.1, -0.05) is 42.5 Å². The van der Waals surface area contributed by atoms with Gasteiger partial charge >= 0.3 is 0 Å². The van der Waals surface area contributed by atoms with Gasteiger partial charge in [0, 0.05) is 6.54 Å². The van der Waals surface area contributed by atoms with E-state index in [1.807, 2.05) is 24.3 Å². The molecule has 7 heteroatoms. The first-order chi connectivity index (χ1) is 9.42. The first kappa shape index (κ1) is 15.0. The van der Waals surface area contributed by atoms with Gasteiger partial charge in [-0.3, -0.25) is 0 Å². The van der Waals surface area contributed by atoms with Gasteiger partial charge in [0.2, 0.25) is 0 Å². The van der Waals surface area contributed by atoms with E-state index in [0.29, 0.717) is 5.69 Å². The lowest BCUT2D eigenvalue weighted by molar-refractivity contribution is 0.582. The quantitative estimate of drug-likeness (QED) is 0.885. The number of thiazole rings is 1. The van der Waals surface area contributed by atoms with Crippen LogP contribution >= 0.6 is 11.3 Å². The van der Waals surface area contributed by atoms with Crippen LogP contribution in [-0.4, -0.2) is 13.4 Å². The van der Waals surface area contributed by atoms with Gasteiger partial charge in [-0.2, -0.15) is 0 Å². The number of hydrogen-bond acceptors (Lipinski definition) is 5. The second-order valence-electron chi connectivity index (χ2n) is 4.42. The predicted molar refractivity (Wildman–Crippen MR) is 81.1 cm³/mol. The van der Waals surface area contributed by atoms with Crippen LogP contribution < -0.4 is 10.5 Å². The highest BCUT2D eigenvalue weighted by molar-refractivity contribution is 7.91. The molecule has 0 atom stereocenters. The third-order valence-corrected chi connectivity index (χ3v) is 5.91. The maximum Gasteiger partial charge on any atom is 0.252 e. The lowest BCUT2D eigenvalue weighted by Gasteiger charge is -2.06. The van der Waals surface area contributed by atoms with Crippen molar-refractivity contribution < 1.29 is 8.42 Å². The summed E-state index contributed by atoms with van der Waals surface area (Å²) in [6.07, 6.45) is 0.964. The molecule has 5 nitrogen and oxygen atoms in total. The van der Waals surface area contributed by atoms with Gasteiger partial charge in [-0.15, -0.1) is 0 Å². The Hall–Kier alpha value is -1.44. The monoisotopic (exact) mass is 311 g/mol. The zero-order chi connectivity index (χ0) is 14.8. The summed E-state index contributed by atoms with van der Waals surface area (Å²) in [5.74, 6) is 0. The van der Waals surface area contributed by atoms with Crippen molar-refractivity contribution in [3.63, 3.8) is 0 Å². The maximum absolute atomic E-state index is 12.2. The van der Waals surface area contributed by atoms with Crippen molar-refractivity contribution in [3.05, 3.63) is 41.1 Å². The smallest absolute Gasteiger partial charge is 0.252 e. The summed E-state index contributed by atoms with van der Waals surface area (Å²) in [6, 6.07) is 7.85. The number of nitrogen functional groups attached to an aromatic ring is 1. The van der Waals surface area contributed by atoms with Crippen LogP contribution in [0.1, 0.15) is 23.7 Å². The number of aryl methyl sites for hydroxylation is 2. The molecule has 20 heavy (non-hydrogen) atoms. The largest absolute Gasteiger partial charge is 0.375 e. The van der Waals surface area contributed by atoms with E-state index in [9.17, 15) is 8.42 Å². The highest BCUT2D eigenvalue weighted by atomic mass is 32.2. The molecule has 0 aliphatic heterocycles. The normalized spacial score (nSPS) is 11.7. The Morgan fingerprint density at radius 1 is 1.25 bits per heavy atom. The molecule has 0 aliphatic carbocycles. The van der Waals surface area contributed by atoms with Gasteiger partial charge in [0.25, 0.3) is 10.0 Å². The summed E-state index contributed by atoms with van der Waals surface area (Å²) in [5, 5.41) is 0.259. The number of aromatic nitrogens is 1. The van der Waals surface area contributed by atoms with Gasteiger partial charge in [-0.05, 0) is 24.5 Å². The summed E-state index contributed by atoms with van der Waals surface area (Å²) >= 11 is 0.979. The number of nitrogens with one attached hydrogen (secondary N) is 1. The average molecular weight is 311 g/mol. The van der Waals surface area contributed by atoms with Crippen LogP contribution in [0.5, 0.6) is 0 Å². The third-order valence-electron chi connectivity index (χ3n) is 2.91. The van der Waals surface area contributed by atoms with E-state index in [1.165, 1.54) is 5.56 Å². The molecule has 0 saturated carbocycles. The molecule has 0 fully saturated rings. The minimum absolute atomic E-state index is 0.181. The Balaban J connectivity index is 2.11. The SMILES string of the molecule is CCc1ccc(CNS(=O)(=O)c2sc(N)nc2C)cc1. The molecule has 2 rings (SSSR count). The predicted octanol–water partition coefficient (Wildman–Crippen LogP) is 2.07. The van der Waals surface area contributed by atoms with Gasteiger partial charge in [-0.25, -0.2) is 18.1 Å². The molecule has 1 heterocycles.